The molecule has 1 aliphatic rings. The van der Waals surface area contributed by atoms with E-state index in [-0.39, 0.29) is 23.5 Å². The Bertz CT molecular complexity index is 1080. The summed E-state index contributed by atoms with van der Waals surface area (Å²) in [6.45, 7) is 5.30. The van der Waals surface area contributed by atoms with E-state index in [0.717, 1.165) is 12.8 Å². The molecule has 1 aliphatic heterocycles. The number of hydrogen-bond donors (Lipinski definition) is 1. The molecular formula is C21H24F3N3O3S. The lowest BCUT2D eigenvalue weighted by atomic mass is 10.1. The first kappa shape index (κ1) is 23.1. The van der Waals surface area contributed by atoms with Gasteiger partial charge in [0.2, 0.25) is 10.0 Å². The smallest absolute Gasteiger partial charge is 0.257 e. The van der Waals surface area contributed by atoms with Gasteiger partial charge in [0.05, 0.1) is 16.1 Å². The third kappa shape index (κ3) is 4.69. The number of amides is 1. The summed E-state index contributed by atoms with van der Waals surface area (Å²) in [6.07, 6.45) is 1.83. The number of benzene rings is 2. The van der Waals surface area contributed by atoms with Crippen molar-refractivity contribution in [2.24, 2.45) is 0 Å². The molecule has 168 valence electrons. The van der Waals surface area contributed by atoms with Crippen molar-refractivity contribution in [3.8, 4) is 0 Å². The van der Waals surface area contributed by atoms with Crippen molar-refractivity contribution in [2.45, 2.75) is 31.6 Å². The average Bonchev–Trinajstić information content (AvgIpc) is 3.27. The molecule has 2 aromatic carbocycles. The highest BCUT2D eigenvalue weighted by atomic mass is 32.2. The Morgan fingerprint density at radius 3 is 2.23 bits per heavy atom. The zero-order chi connectivity index (χ0) is 22.8. The molecule has 1 heterocycles. The largest absolute Gasteiger partial charge is 0.371 e. The number of hydrogen-bond acceptors (Lipinski definition) is 4. The minimum absolute atomic E-state index is 0.0132. The van der Waals surface area contributed by atoms with Crippen molar-refractivity contribution >= 4 is 27.3 Å². The fraction of sp³-hybridized carbons (Fsp3) is 0.381. The van der Waals surface area contributed by atoms with Crippen LogP contribution in [0.15, 0.2) is 35.2 Å². The standard InChI is InChI=1S/C21H24F3N3O3S/c1-3-27(4-2)31(29,30)14-7-8-20(26-9-5-6-10-26)15(11-14)21(28)25-19-13-17(23)16(22)12-18(19)24/h7-8,11-13H,3-6,9-10H2,1-2H3,(H,25,28). The van der Waals surface area contributed by atoms with Gasteiger partial charge in [0.25, 0.3) is 5.91 Å². The van der Waals surface area contributed by atoms with Crippen LogP contribution >= 0.6 is 0 Å². The molecule has 0 spiro atoms. The van der Waals surface area contributed by atoms with Crippen molar-refractivity contribution in [3.63, 3.8) is 0 Å². The highest BCUT2D eigenvalue weighted by molar-refractivity contribution is 7.89. The first-order valence-corrected chi connectivity index (χ1v) is 11.5. The lowest BCUT2D eigenvalue weighted by Gasteiger charge is -2.23. The Morgan fingerprint density at radius 1 is 1.00 bits per heavy atom. The summed E-state index contributed by atoms with van der Waals surface area (Å²) in [5.41, 5.74) is -0.0240. The molecule has 0 aromatic heterocycles. The Morgan fingerprint density at radius 2 is 1.61 bits per heavy atom. The molecule has 0 aliphatic carbocycles. The van der Waals surface area contributed by atoms with Gasteiger partial charge in [0.1, 0.15) is 5.82 Å². The Hall–Kier alpha value is -2.59. The molecule has 1 amide bonds. The predicted molar refractivity (Wildman–Crippen MR) is 112 cm³/mol. The molecule has 6 nitrogen and oxygen atoms in total. The van der Waals surface area contributed by atoms with Gasteiger partial charge in [-0.25, -0.2) is 21.6 Å². The minimum Gasteiger partial charge on any atom is -0.371 e. The van der Waals surface area contributed by atoms with E-state index in [0.29, 0.717) is 30.9 Å². The molecule has 1 N–H and O–H groups in total. The Kier molecular flexibility index (Phi) is 6.90. The van der Waals surface area contributed by atoms with Crippen LogP contribution in [-0.4, -0.2) is 44.8 Å². The van der Waals surface area contributed by atoms with Crippen LogP contribution < -0.4 is 10.2 Å². The summed E-state index contributed by atoms with van der Waals surface area (Å²) in [7, 11) is -3.84. The summed E-state index contributed by atoms with van der Waals surface area (Å²) >= 11 is 0. The van der Waals surface area contributed by atoms with Gasteiger partial charge >= 0.3 is 0 Å². The van der Waals surface area contributed by atoms with Gasteiger partial charge in [0.15, 0.2) is 11.6 Å². The average molecular weight is 456 g/mol. The van der Waals surface area contributed by atoms with Gasteiger partial charge < -0.3 is 10.2 Å². The van der Waals surface area contributed by atoms with Crippen molar-refractivity contribution in [1.82, 2.24) is 4.31 Å². The molecule has 0 atom stereocenters. The highest BCUT2D eigenvalue weighted by Gasteiger charge is 2.27. The van der Waals surface area contributed by atoms with Crippen molar-refractivity contribution in [1.29, 1.82) is 0 Å². The zero-order valence-electron chi connectivity index (χ0n) is 17.3. The minimum atomic E-state index is -3.84. The van der Waals surface area contributed by atoms with E-state index in [1.165, 1.54) is 16.4 Å². The summed E-state index contributed by atoms with van der Waals surface area (Å²) in [5.74, 6) is -4.64. The second kappa shape index (κ2) is 9.27. The van der Waals surface area contributed by atoms with Crippen LogP contribution in [0.4, 0.5) is 24.5 Å². The first-order chi connectivity index (χ1) is 14.7. The van der Waals surface area contributed by atoms with Crippen LogP contribution in [0.2, 0.25) is 0 Å². The van der Waals surface area contributed by atoms with Gasteiger partial charge in [-0.1, -0.05) is 13.8 Å². The molecule has 0 saturated carbocycles. The second-order valence-corrected chi connectivity index (χ2v) is 9.10. The number of rotatable bonds is 7. The molecule has 0 unspecified atom stereocenters. The molecule has 0 radical (unpaired) electrons. The third-order valence-corrected chi connectivity index (χ3v) is 7.31. The van der Waals surface area contributed by atoms with E-state index < -0.39 is 39.1 Å². The second-order valence-electron chi connectivity index (χ2n) is 7.16. The van der Waals surface area contributed by atoms with E-state index in [2.05, 4.69) is 5.32 Å². The third-order valence-electron chi connectivity index (χ3n) is 5.26. The summed E-state index contributed by atoms with van der Waals surface area (Å²) in [6, 6.07) is 5.13. The molecule has 2 aromatic rings. The van der Waals surface area contributed by atoms with E-state index in [9.17, 15) is 26.4 Å². The predicted octanol–water partition coefficient (Wildman–Crippen LogP) is 3.99. The maximum Gasteiger partial charge on any atom is 0.257 e. The highest BCUT2D eigenvalue weighted by Crippen LogP contribution is 2.30. The van der Waals surface area contributed by atoms with Crippen molar-refractivity contribution in [2.75, 3.05) is 36.4 Å². The fourth-order valence-electron chi connectivity index (χ4n) is 3.61. The number of carbonyl (C=O) groups is 1. The molecule has 3 rings (SSSR count). The van der Waals surface area contributed by atoms with Gasteiger partial charge in [-0.05, 0) is 31.0 Å². The van der Waals surface area contributed by atoms with Crippen LogP contribution in [0.1, 0.15) is 37.0 Å². The number of sulfonamides is 1. The molecule has 31 heavy (non-hydrogen) atoms. The van der Waals surface area contributed by atoms with E-state index in [1.807, 2.05) is 4.90 Å². The maximum absolute atomic E-state index is 14.0. The topological polar surface area (TPSA) is 69.7 Å². The number of nitrogens with zero attached hydrogens (tertiary/aromatic N) is 2. The monoisotopic (exact) mass is 455 g/mol. The Labute approximate surface area is 179 Å². The number of nitrogens with one attached hydrogen (secondary N) is 1. The van der Waals surface area contributed by atoms with Crippen molar-refractivity contribution < 1.29 is 26.4 Å². The van der Waals surface area contributed by atoms with E-state index >= 15 is 0 Å². The van der Waals surface area contributed by atoms with Crippen LogP contribution in [-0.2, 0) is 10.0 Å². The molecular weight excluding hydrogens is 431 g/mol. The SMILES string of the molecule is CCN(CC)S(=O)(=O)c1ccc(N2CCCC2)c(C(=O)Nc2cc(F)c(F)cc2F)c1. The maximum atomic E-state index is 14.0. The van der Waals surface area contributed by atoms with Crippen molar-refractivity contribution in [3.05, 3.63) is 53.3 Å². The quantitative estimate of drug-likeness (QED) is 0.641. The normalized spacial score (nSPS) is 14.3. The first-order valence-electron chi connectivity index (χ1n) is 10.0. The van der Waals surface area contributed by atoms with Gasteiger partial charge in [-0.15, -0.1) is 0 Å². The molecule has 0 bridgehead atoms. The van der Waals surface area contributed by atoms with E-state index in [1.54, 1.807) is 19.9 Å². The van der Waals surface area contributed by atoms with Crippen LogP contribution in [0.3, 0.4) is 0 Å². The Balaban J connectivity index is 2.05. The van der Waals surface area contributed by atoms with Crippen LogP contribution in [0.25, 0.3) is 0 Å². The van der Waals surface area contributed by atoms with Gasteiger partial charge in [-0.3, -0.25) is 4.79 Å². The van der Waals surface area contributed by atoms with Gasteiger partial charge in [-0.2, -0.15) is 4.31 Å². The van der Waals surface area contributed by atoms with E-state index in [4.69, 9.17) is 0 Å². The number of carbonyl (C=O) groups excluding carboxylic acids is 1. The summed E-state index contributed by atoms with van der Waals surface area (Å²) in [5, 5.41) is 2.24. The molecule has 1 saturated heterocycles. The summed E-state index contributed by atoms with van der Waals surface area (Å²) in [4.78, 5) is 14.9. The number of anilines is 2. The van der Waals surface area contributed by atoms with Crippen LogP contribution in [0, 0.1) is 17.5 Å². The zero-order valence-corrected chi connectivity index (χ0v) is 18.1. The van der Waals surface area contributed by atoms with Gasteiger partial charge in [0, 0.05) is 44.0 Å². The van der Waals surface area contributed by atoms with Crippen LogP contribution in [0.5, 0.6) is 0 Å². The fourth-order valence-corrected chi connectivity index (χ4v) is 5.10. The lowest BCUT2D eigenvalue weighted by Crippen LogP contribution is -2.31. The molecule has 1 fully saturated rings. The number of halogens is 3. The molecule has 10 heteroatoms. The lowest BCUT2D eigenvalue weighted by molar-refractivity contribution is 0.102. The summed E-state index contributed by atoms with van der Waals surface area (Å²) < 4.78 is 67.9.